The predicted octanol–water partition coefficient (Wildman–Crippen LogP) is 2.96. The SMILES string of the molecule is COc1cc(C=O)cc(OC)c1O.COc1cccc(O)c1OC.N.N. The van der Waals surface area contributed by atoms with Crippen molar-refractivity contribution in [2.45, 2.75) is 0 Å². The van der Waals surface area contributed by atoms with Crippen LogP contribution in [0.25, 0.3) is 0 Å². The highest BCUT2D eigenvalue weighted by Crippen LogP contribution is 2.36. The van der Waals surface area contributed by atoms with Crippen LogP contribution >= 0.6 is 0 Å². The summed E-state index contributed by atoms with van der Waals surface area (Å²) >= 11 is 0. The van der Waals surface area contributed by atoms with Gasteiger partial charge in [-0.15, -0.1) is 0 Å². The molecule has 0 aliphatic heterocycles. The van der Waals surface area contributed by atoms with Crippen molar-refractivity contribution in [3.8, 4) is 34.5 Å². The summed E-state index contributed by atoms with van der Waals surface area (Å²) in [7, 11) is 5.82. The molecule has 0 aliphatic carbocycles. The molecule has 9 nitrogen and oxygen atoms in total. The van der Waals surface area contributed by atoms with Crippen LogP contribution in [-0.2, 0) is 0 Å². The number of aromatic hydroxyl groups is 2. The first-order valence-corrected chi connectivity index (χ1v) is 6.82. The van der Waals surface area contributed by atoms with Crippen molar-refractivity contribution < 1.29 is 34.0 Å². The van der Waals surface area contributed by atoms with E-state index in [9.17, 15) is 15.0 Å². The Morgan fingerprint density at radius 2 is 1.31 bits per heavy atom. The van der Waals surface area contributed by atoms with Gasteiger partial charge in [-0.1, -0.05) is 6.07 Å². The number of phenols is 2. The third kappa shape index (κ3) is 6.04. The highest BCUT2D eigenvalue weighted by molar-refractivity contribution is 5.78. The second-order valence-corrected chi connectivity index (χ2v) is 4.40. The van der Waals surface area contributed by atoms with Gasteiger partial charge in [0.25, 0.3) is 0 Å². The lowest BCUT2D eigenvalue weighted by molar-refractivity contribution is 0.112. The number of carbonyl (C=O) groups excluding carboxylic acids is 1. The van der Waals surface area contributed by atoms with Gasteiger partial charge in [0.1, 0.15) is 6.29 Å². The van der Waals surface area contributed by atoms with Gasteiger partial charge in [0.05, 0.1) is 28.4 Å². The first kappa shape index (κ1) is 25.1. The van der Waals surface area contributed by atoms with Gasteiger partial charge < -0.3 is 41.5 Å². The molecule has 26 heavy (non-hydrogen) atoms. The summed E-state index contributed by atoms with van der Waals surface area (Å²) in [6.07, 6.45) is 0.657. The minimum atomic E-state index is -0.101. The van der Waals surface area contributed by atoms with Gasteiger partial charge in [0.2, 0.25) is 11.5 Å². The highest BCUT2D eigenvalue weighted by atomic mass is 16.5. The average Bonchev–Trinajstić information content (AvgIpc) is 2.62. The highest BCUT2D eigenvalue weighted by Gasteiger charge is 2.10. The summed E-state index contributed by atoms with van der Waals surface area (Å²) in [5.41, 5.74) is 0.395. The largest absolute Gasteiger partial charge is 0.504 e. The summed E-state index contributed by atoms with van der Waals surface area (Å²) in [4.78, 5) is 10.5. The molecule has 0 saturated heterocycles. The van der Waals surface area contributed by atoms with Crippen molar-refractivity contribution in [2.75, 3.05) is 28.4 Å². The molecule has 0 atom stereocenters. The maximum atomic E-state index is 10.5. The molecule has 0 saturated carbocycles. The number of rotatable bonds is 5. The summed E-state index contributed by atoms with van der Waals surface area (Å²) in [5.74, 6) is 1.34. The Bertz CT molecular complexity index is 668. The summed E-state index contributed by atoms with van der Waals surface area (Å²) in [5, 5.41) is 18.7. The van der Waals surface area contributed by atoms with Crippen LogP contribution in [-0.4, -0.2) is 44.9 Å². The van der Waals surface area contributed by atoms with Crippen LogP contribution in [0.15, 0.2) is 30.3 Å². The quantitative estimate of drug-likeness (QED) is 0.579. The Labute approximate surface area is 152 Å². The first-order chi connectivity index (χ1) is 11.5. The number of ether oxygens (including phenoxy) is 4. The zero-order valence-corrected chi connectivity index (χ0v) is 15.3. The van der Waals surface area contributed by atoms with Gasteiger partial charge in [-0.05, 0) is 24.3 Å². The molecule has 8 N–H and O–H groups in total. The molecule has 0 bridgehead atoms. The fourth-order valence-corrected chi connectivity index (χ4v) is 1.85. The third-order valence-corrected chi connectivity index (χ3v) is 3.02. The molecule has 2 aromatic carbocycles. The molecule has 0 radical (unpaired) electrons. The number of carbonyl (C=O) groups is 1. The Kier molecular flexibility index (Phi) is 11.8. The zero-order chi connectivity index (χ0) is 18.1. The van der Waals surface area contributed by atoms with E-state index in [1.54, 1.807) is 18.2 Å². The molecular formula is C17H26N2O7. The van der Waals surface area contributed by atoms with Gasteiger partial charge in [0.15, 0.2) is 23.0 Å². The summed E-state index contributed by atoms with van der Waals surface area (Å²) in [6.45, 7) is 0. The van der Waals surface area contributed by atoms with E-state index in [4.69, 9.17) is 18.9 Å². The van der Waals surface area contributed by atoms with E-state index in [1.165, 1.54) is 40.6 Å². The second kappa shape index (κ2) is 12.2. The second-order valence-electron chi connectivity index (χ2n) is 4.40. The van der Waals surface area contributed by atoms with Crippen LogP contribution in [0.2, 0.25) is 0 Å². The van der Waals surface area contributed by atoms with Crippen molar-refractivity contribution in [3.63, 3.8) is 0 Å². The number of aldehydes is 1. The maximum Gasteiger partial charge on any atom is 0.203 e. The Hall–Kier alpha value is -3.17. The lowest BCUT2D eigenvalue weighted by Gasteiger charge is -2.08. The van der Waals surface area contributed by atoms with Crippen molar-refractivity contribution in [1.29, 1.82) is 0 Å². The predicted molar refractivity (Wildman–Crippen MR) is 97.9 cm³/mol. The van der Waals surface area contributed by atoms with Gasteiger partial charge in [-0.2, -0.15) is 0 Å². The molecule has 146 valence electrons. The van der Waals surface area contributed by atoms with Crippen LogP contribution < -0.4 is 31.2 Å². The monoisotopic (exact) mass is 370 g/mol. The Balaban J connectivity index is 0. The van der Waals surface area contributed by atoms with E-state index >= 15 is 0 Å². The molecule has 0 aliphatic rings. The summed E-state index contributed by atoms with van der Waals surface area (Å²) < 4.78 is 19.5. The lowest BCUT2D eigenvalue weighted by atomic mass is 10.2. The van der Waals surface area contributed by atoms with Gasteiger partial charge in [0, 0.05) is 5.56 Å². The number of benzene rings is 2. The molecule has 0 heterocycles. The van der Waals surface area contributed by atoms with Crippen molar-refractivity contribution in [1.82, 2.24) is 12.3 Å². The van der Waals surface area contributed by atoms with Gasteiger partial charge >= 0.3 is 0 Å². The molecule has 0 fully saturated rings. The summed E-state index contributed by atoms with van der Waals surface area (Å²) in [6, 6.07) is 7.83. The molecule has 9 heteroatoms. The average molecular weight is 370 g/mol. The minimum absolute atomic E-state index is 0. The van der Waals surface area contributed by atoms with Crippen LogP contribution in [0.4, 0.5) is 0 Å². The third-order valence-electron chi connectivity index (χ3n) is 3.02. The van der Waals surface area contributed by atoms with Crippen molar-refractivity contribution >= 4 is 6.29 Å². The van der Waals surface area contributed by atoms with Crippen LogP contribution in [0.1, 0.15) is 10.4 Å². The Morgan fingerprint density at radius 1 is 0.808 bits per heavy atom. The van der Waals surface area contributed by atoms with Crippen LogP contribution in [0, 0.1) is 0 Å². The normalized spacial score (nSPS) is 8.62. The standard InChI is InChI=1S/C9H10O4.C8H10O3.2H3N/c1-12-7-3-6(5-10)4-8(13-2)9(7)11;1-10-7-5-3-4-6(9)8(7)11-2;;/h3-5,11H,1-2H3;3-5,9H,1-2H3;2*1H3. The van der Waals surface area contributed by atoms with E-state index in [0.717, 1.165) is 0 Å². The number of para-hydroxylation sites is 1. The number of hydrogen-bond donors (Lipinski definition) is 4. The molecule has 2 rings (SSSR count). The number of methoxy groups -OCH3 is 4. The topological polar surface area (TPSA) is 164 Å². The molecule has 0 spiro atoms. The lowest BCUT2D eigenvalue weighted by Crippen LogP contribution is -1.91. The molecule has 2 aromatic rings. The van der Waals surface area contributed by atoms with Crippen LogP contribution in [0.5, 0.6) is 34.5 Å². The van der Waals surface area contributed by atoms with E-state index in [-0.39, 0.29) is 35.3 Å². The Morgan fingerprint density at radius 3 is 1.65 bits per heavy atom. The van der Waals surface area contributed by atoms with E-state index < -0.39 is 0 Å². The van der Waals surface area contributed by atoms with Gasteiger partial charge in [-0.3, -0.25) is 4.79 Å². The van der Waals surface area contributed by atoms with Gasteiger partial charge in [-0.25, -0.2) is 0 Å². The fourth-order valence-electron chi connectivity index (χ4n) is 1.85. The molecular weight excluding hydrogens is 344 g/mol. The maximum absolute atomic E-state index is 10.5. The fraction of sp³-hybridized carbons (Fsp3) is 0.235. The van der Waals surface area contributed by atoms with Crippen molar-refractivity contribution in [2.24, 2.45) is 0 Å². The molecule has 0 unspecified atom stereocenters. The zero-order valence-electron chi connectivity index (χ0n) is 15.3. The smallest absolute Gasteiger partial charge is 0.203 e. The number of phenolic OH excluding ortho intramolecular Hbond substituents is 2. The minimum Gasteiger partial charge on any atom is -0.504 e. The first-order valence-electron chi connectivity index (χ1n) is 6.82. The molecule has 0 amide bonds. The van der Waals surface area contributed by atoms with Crippen LogP contribution in [0.3, 0.4) is 0 Å². The molecule has 0 aromatic heterocycles. The van der Waals surface area contributed by atoms with E-state index in [1.807, 2.05) is 0 Å². The van der Waals surface area contributed by atoms with E-state index in [2.05, 4.69) is 0 Å². The number of hydrogen-bond acceptors (Lipinski definition) is 9. The van der Waals surface area contributed by atoms with Crippen molar-refractivity contribution in [3.05, 3.63) is 35.9 Å². The van der Waals surface area contributed by atoms with E-state index in [0.29, 0.717) is 23.3 Å².